The summed E-state index contributed by atoms with van der Waals surface area (Å²) >= 11 is 3.49. The average Bonchev–Trinajstić information content (AvgIpc) is 3.08. The van der Waals surface area contributed by atoms with E-state index in [9.17, 15) is 9.59 Å². The van der Waals surface area contributed by atoms with Crippen molar-refractivity contribution in [1.29, 1.82) is 0 Å². The maximum Gasteiger partial charge on any atom is 0.223 e. The summed E-state index contributed by atoms with van der Waals surface area (Å²) in [5.41, 5.74) is 1.22. The number of aromatic nitrogens is 2. The highest BCUT2D eigenvalue weighted by Crippen LogP contribution is 2.27. The number of nitrogens with zero attached hydrogens (tertiary/aromatic N) is 2. The summed E-state index contributed by atoms with van der Waals surface area (Å²) < 4.78 is 0. The molecule has 1 aromatic heterocycles. The zero-order chi connectivity index (χ0) is 24.5. The quantitative estimate of drug-likeness (QED) is 0.223. The summed E-state index contributed by atoms with van der Waals surface area (Å²) in [6.07, 6.45) is 14.6. The van der Waals surface area contributed by atoms with Gasteiger partial charge in [-0.05, 0) is 37.3 Å². The Morgan fingerprint density at radius 3 is 2.79 bits per heavy atom. The maximum atomic E-state index is 12.7. The molecule has 1 aliphatic carbocycles. The Morgan fingerprint density at radius 1 is 1.24 bits per heavy atom. The van der Waals surface area contributed by atoms with Crippen LogP contribution in [0.4, 0.5) is 5.82 Å². The lowest BCUT2D eigenvalue weighted by Gasteiger charge is -2.26. The van der Waals surface area contributed by atoms with Gasteiger partial charge in [-0.2, -0.15) is 0 Å². The number of aldehydes is 1. The molecule has 0 radical (unpaired) electrons. The van der Waals surface area contributed by atoms with Gasteiger partial charge in [0, 0.05) is 34.2 Å². The van der Waals surface area contributed by atoms with Crippen molar-refractivity contribution in [2.75, 3.05) is 10.6 Å². The van der Waals surface area contributed by atoms with Crippen LogP contribution in [0.1, 0.15) is 56.8 Å². The molecule has 0 bridgehead atoms. The Bertz CT molecular complexity index is 1040. The van der Waals surface area contributed by atoms with E-state index in [2.05, 4.69) is 74.7 Å². The van der Waals surface area contributed by atoms with Crippen LogP contribution in [0.5, 0.6) is 0 Å². The highest BCUT2D eigenvalue weighted by Gasteiger charge is 2.23. The zero-order valence-corrected chi connectivity index (χ0v) is 21.8. The number of fused-ring (bicyclic) bond motifs is 1. The fraction of sp³-hybridized carbons (Fsp3) is 0.481. The van der Waals surface area contributed by atoms with Crippen LogP contribution in [0.25, 0.3) is 10.9 Å². The van der Waals surface area contributed by atoms with E-state index in [0.29, 0.717) is 17.0 Å². The standard InChI is InChI=1S/C27H35BrN4O2/c1-4-7-24(32-26-23-11-6-9-21(16-33)25(23)29-17-30-26)20-8-5-10-22(13-12-20)31-27(34)19(3)14-18(2)15-28/h5-6,9-13,16-20,22,24H,4,7-8,14-15H2,1-3H3,(H,31,34)(H,29,30,32). The van der Waals surface area contributed by atoms with Crippen LogP contribution in [0.15, 0.2) is 48.8 Å². The van der Waals surface area contributed by atoms with Gasteiger partial charge >= 0.3 is 0 Å². The first kappa shape index (κ1) is 26.1. The normalized spacial score (nSPS) is 20.4. The molecule has 0 fully saturated rings. The van der Waals surface area contributed by atoms with Crippen LogP contribution in [-0.2, 0) is 4.79 Å². The lowest BCUT2D eigenvalue weighted by atomic mass is 9.92. The third kappa shape index (κ3) is 6.75. The SMILES string of the molecule is CCCC(Nc1ncnc2c(C=O)cccc12)C1C=CC(NC(=O)C(C)CC(C)CBr)C=CC1. The number of alkyl halides is 1. The van der Waals surface area contributed by atoms with Crippen LogP contribution < -0.4 is 10.6 Å². The highest BCUT2D eigenvalue weighted by atomic mass is 79.9. The van der Waals surface area contributed by atoms with E-state index >= 15 is 0 Å². The third-order valence-electron chi connectivity index (χ3n) is 6.35. The summed E-state index contributed by atoms with van der Waals surface area (Å²) in [6.45, 7) is 6.31. The molecule has 1 aromatic carbocycles. The van der Waals surface area contributed by atoms with E-state index in [1.54, 1.807) is 6.07 Å². The van der Waals surface area contributed by atoms with Crippen molar-refractivity contribution in [2.45, 2.75) is 58.5 Å². The second-order valence-electron chi connectivity index (χ2n) is 9.27. The minimum Gasteiger partial charge on any atom is -0.366 e. The van der Waals surface area contributed by atoms with Crippen molar-refractivity contribution in [1.82, 2.24) is 15.3 Å². The Morgan fingerprint density at radius 2 is 2.06 bits per heavy atom. The minimum atomic E-state index is -0.100. The van der Waals surface area contributed by atoms with Gasteiger partial charge in [-0.25, -0.2) is 9.97 Å². The van der Waals surface area contributed by atoms with Crippen molar-refractivity contribution in [3.8, 4) is 0 Å². The van der Waals surface area contributed by atoms with E-state index in [0.717, 1.165) is 48.5 Å². The summed E-state index contributed by atoms with van der Waals surface area (Å²) in [5, 5.41) is 8.54. The lowest BCUT2D eigenvalue weighted by molar-refractivity contribution is -0.125. The molecule has 34 heavy (non-hydrogen) atoms. The molecular weight excluding hydrogens is 492 g/mol. The van der Waals surface area contributed by atoms with Gasteiger partial charge < -0.3 is 10.6 Å². The molecule has 0 saturated heterocycles. The fourth-order valence-corrected chi connectivity index (χ4v) is 4.73. The number of para-hydroxylation sites is 1. The van der Waals surface area contributed by atoms with E-state index in [4.69, 9.17) is 0 Å². The van der Waals surface area contributed by atoms with Crippen molar-refractivity contribution < 1.29 is 9.59 Å². The Balaban J connectivity index is 1.73. The largest absolute Gasteiger partial charge is 0.366 e. The first-order valence-corrected chi connectivity index (χ1v) is 13.3. The molecule has 1 aliphatic rings. The minimum absolute atomic E-state index is 0.0230. The van der Waals surface area contributed by atoms with Gasteiger partial charge in [0.15, 0.2) is 6.29 Å². The topological polar surface area (TPSA) is 84.0 Å². The number of hydrogen-bond acceptors (Lipinski definition) is 5. The monoisotopic (exact) mass is 526 g/mol. The first-order chi connectivity index (χ1) is 16.5. The number of halogens is 1. The number of benzene rings is 1. The molecule has 182 valence electrons. The summed E-state index contributed by atoms with van der Waals surface area (Å²) in [4.78, 5) is 32.9. The molecule has 7 heteroatoms. The molecule has 6 nitrogen and oxygen atoms in total. The summed E-state index contributed by atoms with van der Waals surface area (Å²) in [6, 6.07) is 5.63. The third-order valence-corrected chi connectivity index (χ3v) is 7.46. The van der Waals surface area contributed by atoms with Gasteiger partial charge in [0.2, 0.25) is 5.91 Å². The fourth-order valence-electron chi connectivity index (χ4n) is 4.46. The van der Waals surface area contributed by atoms with Crippen LogP contribution in [0.3, 0.4) is 0 Å². The van der Waals surface area contributed by atoms with E-state index in [-0.39, 0.29) is 29.8 Å². The zero-order valence-electron chi connectivity index (χ0n) is 20.2. The number of allylic oxidation sites excluding steroid dienone is 1. The number of carbonyl (C=O) groups is 2. The number of hydrogen-bond donors (Lipinski definition) is 2. The smallest absolute Gasteiger partial charge is 0.223 e. The Kier molecular flexibility index (Phi) is 9.81. The van der Waals surface area contributed by atoms with Crippen molar-refractivity contribution in [3.05, 3.63) is 54.4 Å². The molecule has 5 atom stereocenters. The van der Waals surface area contributed by atoms with Crippen molar-refractivity contribution >= 4 is 44.8 Å². The van der Waals surface area contributed by atoms with Crippen LogP contribution >= 0.6 is 15.9 Å². The Hall–Kier alpha value is -2.54. The summed E-state index contributed by atoms with van der Waals surface area (Å²) in [5.74, 6) is 1.53. The predicted octanol–water partition coefficient (Wildman–Crippen LogP) is 5.70. The number of nitrogens with one attached hydrogen (secondary N) is 2. The van der Waals surface area contributed by atoms with E-state index in [1.807, 2.05) is 19.1 Å². The maximum absolute atomic E-state index is 12.7. The van der Waals surface area contributed by atoms with Gasteiger partial charge in [-0.3, -0.25) is 9.59 Å². The van der Waals surface area contributed by atoms with Crippen molar-refractivity contribution in [3.63, 3.8) is 0 Å². The molecule has 1 heterocycles. The van der Waals surface area contributed by atoms with Gasteiger partial charge in [0.05, 0.1) is 11.6 Å². The molecule has 0 saturated carbocycles. The molecule has 2 aromatic rings. The Labute approximate surface area is 210 Å². The molecular formula is C27H35BrN4O2. The van der Waals surface area contributed by atoms with Gasteiger partial charge in [-0.15, -0.1) is 0 Å². The van der Waals surface area contributed by atoms with Crippen LogP contribution in [0.2, 0.25) is 0 Å². The van der Waals surface area contributed by atoms with Crippen LogP contribution in [0, 0.1) is 17.8 Å². The number of rotatable bonds is 11. The summed E-state index contributed by atoms with van der Waals surface area (Å²) in [7, 11) is 0. The number of carbonyl (C=O) groups excluding carboxylic acids is 2. The number of anilines is 1. The molecule has 5 unspecified atom stereocenters. The number of amides is 1. The van der Waals surface area contributed by atoms with Gasteiger partial charge in [0.25, 0.3) is 0 Å². The molecule has 0 spiro atoms. The molecule has 0 aliphatic heterocycles. The van der Waals surface area contributed by atoms with Gasteiger partial charge in [-0.1, -0.05) is 73.5 Å². The average molecular weight is 528 g/mol. The molecule has 3 rings (SSSR count). The van der Waals surface area contributed by atoms with E-state index < -0.39 is 0 Å². The lowest BCUT2D eigenvalue weighted by Crippen LogP contribution is -2.36. The molecule has 1 amide bonds. The van der Waals surface area contributed by atoms with Crippen LogP contribution in [-0.4, -0.2) is 39.6 Å². The molecule has 2 N–H and O–H groups in total. The van der Waals surface area contributed by atoms with Gasteiger partial charge in [0.1, 0.15) is 12.1 Å². The highest BCUT2D eigenvalue weighted by molar-refractivity contribution is 9.09. The second-order valence-corrected chi connectivity index (χ2v) is 9.91. The predicted molar refractivity (Wildman–Crippen MR) is 142 cm³/mol. The van der Waals surface area contributed by atoms with E-state index in [1.165, 1.54) is 6.33 Å². The second kappa shape index (κ2) is 12.8. The first-order valence-electron chi connectivity index (χ1n) is 12.1. The van der Waals surface area contributed by atoms with Crippen molar-refractivity contribution in [2.24, 2.45) is 17.8 Å².